The van der Waals surface area contributed by atoms with Gasteiger partial charge in [-0.15, -0.1) is 0 Å². The topological polar surface area (TPSA) is 171 Å². The van der Waals surface area contributed by atoms with Crippen molar-refractivity contribution in [3.05, 3.63) is 113 Å². The fourth-order valence-corrected chi connectivity index (χ4v) is 5.32. The third kappa shape index (κ3) is 6.09. The molecular weight excluding hydrogens is 618 g/mol. The second kappa shape index (κ2) is 13.0. The van der Waals surface area contributed by atoms with Gasteiger partial charge in [-0.05, 0) is 54.1 Å². The fraction of sp³-hybridized carbons (Fsp3) is 0.118. The Kier molecular flexibility index (Phi) is 8.10. The molecule has 4 aromatic carbocycles. The number of rotatable bonds is 10. The summed E-state index contributed by atoms with van der Waals surface area (Å²) in [4.78, 5) is 39.3. The van der Waals surface area contributed by atoms with Crippen molar-refractivity contribution in [3.63, 3.8) is 0 Å². The van der Waals surface area contributed by atoms with Crippen molar-refractivity contribution < 1.29 is 33.3 Å². The summed E-state index contributed by atoms with van der Waals surface area (Å²) in [5.74, 6) is 1.04. The summed E-state index contributed by atoms with van der Waals surface area (Å²) in [6.45, 7) is -0.365. The minimum Gasteiger partial charge on any atom is -0.454 e. The van der Waals surface area contributed by atoms with Crippen LogP contribution in [0.2, 0.25) is 0 Å². The largest absolute Gasteiger partial charge is 0.454 e. The Balaban J connectivity index is 1.13. The number of imidazole rings is 1. The van der Waals surface area contributed by atoms with Gasteiger partial charge >= 0.3 is 0 Å². The van der Waals surface area contributed by atoms with E-state index in [0.29, 0.717) is 56.3 Å². The van der Waals surface area contributed by atoms with Gasteiger partial charge in [0.2, 0.25) is 19.2 Å². The monoisotopic (exact) mass is 645 g/mol. The predicted octanol–water partition coefficient (Wildman–Crippen LogP) is 2.91. The highest BCUT2D eigenvalue weighted by Crippen LogP contribution is 2.34. The van der Waals surface area contributed by atoms with E-state index in [1.807, 2.05) is 6.07 Å². The SMILES string of the molecule is N=c1n(CC(=O)N/N=C/c2cccc3c2OCO3)c2ccc(C(=O)c3ccccc3)cc2n1CC(=O)N/N=C/c1ccc2c(c1)OCO2. The zero-order valence-electron chi connectivity index (χ0n) is 25.2. The summed E-state index contributed by atoms with van der Waals surface area (Å²) in [6, 6.07) is 24.2. The van der Waals surface area contributed by atoms with Crippen molar-refractivity contribution in [1.82, 2.24) is 20.0 Å². The second-order valence-electron chi connectivity index (χ2n) is 10.7. The molecule has 0 atom stereocenters. The lowest BCUT2D eigenvalue weighted by atomic mass is 10.0. The highest BCUT2D eigenvalue weighted by molar-refractivity contribution is 6.10. The molecule has 3 N–H and O–H groups in total. The Morgan fingerprint density at radius 2 is 1.40 bits per heavy atom. The van der Waals surface area contributed by atoms with Gasteiger partial charge in [0.1, 0.15) is 13.1 Å². The molecule has 2 aliphatic heterocycles. The smallest absolute Gasteiger partial charge is 0.260 e. The molecule has 0 saturated heterocycles. The molecule has 2 aliphatic rings. The van der Waals surface area contributed by atoms with Gasteiger partial charge in [0.15, 0.2) is 28.8 Å². The molecule has 48 heavy (non-hydrogen) atoms. The Labute approximate surface area is 272 Å². The lowest BCUT2D eigenvalue weighted by Crippen LogP contribution is -2.34. The van der Waals surface area contributed by atoms with Gasteiger partial charge in [-0.2, -0.15) is 10.2 Å². The molecule has 1 aromatic heterocycles. The number of hydrogen-bond donors (Lipinski definition) is 3. The maximum Gasteiger partial charge on any atom is 0.260 e. The molecule has 0 saturated carbocycles. The zero-order chi connectivity index (χ0) is 33.0. The quantitative estimate of drug-likeness (QED) is 0.119. The van der Waals surface area contributed by atoms with Gasteiger partial charge in [0, 0.05) is 16.7 Å². The van der Waals surface area contributed by atoms with Crippen LogP contribution in [0.3, 0.4) is 0 Å². The van der Waals surface area contributed by atoms with E-state index in [1.54, 1.807) is 78.9 Å². The molecule has 0 spiro atoms. The number of fused-ring (bicyclic) bond motifs is 3. The van der Waals surface area contributed by atoms with Crippen molar-refractivity contribution in [3.8, 4) is 23.0 Å². The van der Waals surface area contributed by atoms with Gasteiger partial charge in [0.05, 0.1) is 23.5 Å². The maximum absolute atomic E-state index is 13.3. The molecule has 14 heteroatoms. The van der Waals surface area contributed by atoms with Crippen LogP contribution in [0.25, 0.3) is 11.0 Å². The standard InChI is InChI=1S/C34H27N7O7/c35-34-40(17-30(42)39-37-16-24-7-4-8-28-33(24)48-20-46-28)25-11-10-23(32(44)22-5-2-1-3-6-22)14-26(25)41(34)18-31(43)38-36-15-21-9-12-27-29(13-21)47-19-45-27/h1-16,35H,17-20H2,(H,38,43)(H,39,42)/b35-34?,36-15+,37-16+. The number of carbonyl (C=O) groups excluding carboxylic acids is 3. The molecule has 240 valence electrons. The Morgan fingerprint density at radius 1 is 0.688 bits per heavy atom. The molecule has 3 heterocycles. The number of para-hydroxylation sites is 1. The number of benzene rings is 4. The first-order valence-corrected chi connectivity index (χ1v) is 14.7. The molecule has 14 nitrogen and oxygen atoms in total. The van der Waals surface area contributed by atoms with Crippen molar-refractivity contribution >= 4 is 41.1 Å². The highest BCUT2D eigenvalue weighted by atomic mass is 16.7. The summed E-state index contributed by atoms with van der Waals surface area (Å²) in [6.07, 6.45) is 2.90. The summed E-state index contributed by atoms with van der Waals surface area (Å²) in [5.41, 5.74) is 7.83. The van der Waals surface area contributed by atoms with E-state index in [4.69, 9.17) is 24.4 Å². The third-order valence-corrected chi connectivity index (χ3v) is 7.59. The van der Waals surface area contributed by atoms with Crippen LogP contribution in [0.5, 0.6) is 23.0 Å². The predicted molar refractivity (Wildman–Crippen MR) is 172 cm³/mol. The number of ether oxygens (including phenoxy) is 4. The number of amides is 2. The molecule has 0 aliphatic carbocycles. The minimum atomic E-state index is -0.528. The van der Waals surface area contributed by atoms with Gasteiger partial charge in [-0.25, -0.2) is 10.9 Å². The first-order valence-electron chi connectivity index (χ1n) is 14.7. The Morgan fingerprint density at radius 3 is 2.21 bits per heavy atom. The van der Waals surface area contributed by atoms with E-state index < -0.39 is 11.8 Å². The summed E-state index contributed by atoms with van der Waals surface area (Å²) in [5, 5.41) is 17.0. The van der Waals surface area contributed by atoms with E-state index in [9.17, 15) is 14.4 Å². The van der Waals surface area contributed by atoms with Crippen LogP contribution in [0, 0.1) is 5.41 Å². The van der Waals surface area contributed by atoms with Crippen LogP contribution in [-0.4, -0.2) is 52.7 Å². The number of hydrazone groups is 2. The molecule has 5 aromatic rings. The highest BCUT2D eigenvalue weighted by Gasteiger charge is 2.19. The Bertz CT molecular complexity index is 2190. The maximum atomic E-state index is 13.3. The van der Waals surface area contributed by atoms with Crippen molar-refractivity contribution in [2.24, 2.45) is 10.2 Å². The first-order chi connectivity index (χ1) is 23.4. The molecule has 0 bridgehead atoms. The number of nitrogens with zero attached hydrogens (tertiary/aromatic N) is 4. The minimum absolute atomic E-state index is 0.0997. The Hall–Kier alpha value is -6.70. The zero-order valence-corrected chi connectivity index (χ0v) is 25.2. The van der Waals surface area contributed by atoms with Crippen LogP contribution in [0.1, 0.15) is 27.0 Å². The van der Waals surface area contributed by atoms with Crippen molar-refractivity contribution in [2.75, 3.05) is 13.6 Å². The van der Waals surface area contributed by atoms with Gasteiger partial charge in [-0.1, -0.05) is 36.4 Å². The van der Waals surface area contributed by atoms with Crippen LogP contribution in [0.15, 0.2) is 95.1 Å². The van der Waals surface area contributed by atoms with Gasteiger partial charge in [-0.3, -0.25) is 19.8 Å². The van der Waals surface area contributed by atoms with E-state index >= 15 is 0 Å². The normalized spacial score (nSPS) is 13.0. The molecule has 0 fully saturated rings. The first kappa shape index (κ1) is 30.0. The van der Waals surface area contributed by atoms with Crippen LogP contribution < -0.4 is 35.4 Å². The molecular formula is C34H27N7O7. The van der Waals surface area contributed by atoms with E-state index in [0.717, 1.165) is 0 Å². The molecule has 7 rings (SSSR count). The number of ketones is 1. The van der Waals surface area contributed by atoms with E-state index in [2.05, 4.69) is 21.1 Å². The number of carbonyl (C=O) groups is 3. The second-order valence-corrected chi connectivity index (χ2v) is 10.7. The summed E-state index contributed by atoms with van der Waals surface area (Å²) < 4.78 is 24.4. The van der Waals surface area contributed by atoms with Gasteiger partial charge in [0.25, 0.3) is 11.8 Å². The van der Waals surface area contributed by atoms with E-state index in [-0.39, 0.29) is 38.1 Å². The molecule has 0 unspecified atom stereocenters. The number of aromatic nitrogens is 2. The van der Waals surface area contributed by atoms with Crippen molar-refractivity contribution in [2.45, 2.75) is 13.1 Å². The fourth-order valence-electron chi connectivity index (χ4n) is 5.32. The average Bonchev–Trinajstić information content (AvgIpc) is 3.84. The molecule has 2 amide bonds. The van der Waals surface area contributed by atoms with Crippen LogP contribution in [0.4, 0.5) is 0 Å². The third-order valence-electron chi connectivity index (χ3n) is 7.59. The number of hydrogen-bond acceptors (Lipinski definition) is 10. The average molecular weight is 646 g/mol. The summed E-state index contributed by atoms with van der Waals surface area (Å²) in [7, 11) is 0. The van der Waals surface area contributed by atoms with Gasteiger partial charge < -0.3 is 28.1 Å². The number of nitrogens with one attached hydrogen (secondary N) is 3. The molecule has 0 radical (unpaired) electrons. The lowest BCUT2D eigenvalue weighted by molar-refractivity contribution is -0.122. The van der Waals surface area contributed by atoms with Crippen molar-refractivity contribution in [1.29, 1.82) is 5.41 Å². The van der Waals surface area contributed by atoms with Crippen LogP contribution >= 0.6 is 0 Å². The summed E-state index contributed by atoms with van der Waals surface area (Å²) >= 11 is 0. The van der Waals surface area contributed by atoms with Crippen LogP contribution in [-0.2, 0) is 22.7 Å². The van der Waals surface area contributed by atoms with E-state index in [1.165, 1.54) is 21.6 Å². The lowest BCUT2D eigenvalue weighted by Gasteiger charge is -2.05.